The number of ether oxygens (including phenoxy) is 3. The van der Waals surface area contributed by atoms with E-state index in [1.54, 1.807) is 19.8 Å². The molecule has 1 aromatic carbocycles. The molecule has 0 amide bonds. The van der Waals surface area contributed by atoms with Crippen molar-refractivity contribution in [3.8, 4) is 0 Å². The summed E-state index contributed by atoms with van der Waals surface area (Å²) < 4.78 is 17.4. The first-order valence-corrected chi connectivity index (χ1v) is 10.0. The van der Waals surface area contributed by atoms with Gasteiger partial charge in [-0.05, 0) is 31.2 Å². The molecule has 4 nitrogen and oxygen atoms in total. The standard InChI is InChI=1S/C22H31NO3/c1-16-4-6-17(7-5-16)21-8-18(21)10-23(14-21)11-19-9-20(15-26-19)12-22(13-20,24-2)25-3/h4-7,18-19H,8-15H2,1-3H3/t18-,19?,21+/m0/s1. The van der Waals surface area contributed by atoms with Gasteiger partial charge in [0.25, 0.3) is 0 Å². The molecule has 2 heterocycles. The Morgan fingerprint density at radius 1 is 1.12 bits per heavy atom. The summed E-state index contributed by atoms with van der Waals surface area (Å²) in [5.74, 6) is 0.488. The van der Waals surface area contributed by atoms with Crippen LogP contribution in [-0.4, -0.2) is 57.3 Å². The Morgan fingerprint density at radius 3 is 2.54 bits per heavy atom. The van der Waals surface area contributed by atoms with Crippen molar-refractivity contribution in [3.05, 3.63) is 35.4 Å². The van der Waals surface area contributed by atoms with Crippen molar-refractivity contribution in [2.24, 2.45) is 11.3 Å². The Balaban J connectivity index is 1.18. The smallest absolute Gasteiger partial charge is 0.168 e. The number of aryl methyl sites for hydroxylation is 1. The average molecular weight is 357 g/mol. The summed E-state index contributed by atoms with van der Waals surface area (Å²) in [7, 11) is 3.51. The molecule has 1 spiro atoms. The number of methoxy groups -OCH3 is 2. The van der Waals surface area contributed by atoms with Gasteiger partial charge >= 0.3 is 0 Å². The molecule has 26 heavy (non-hydrogen) atoms. The highest BCUT2D eigenvalue weighted by atomic mass is 16.7. The summed E-state index contributed by atoms with van der Waals surface area (Å²) in [4.78, 5) is 2.65. The molecule has 3 atom stereocenters. The Kier molecular flexibility index (Phi) is 3.82. The molecule has 4 fully saturated rings. The molecule has 2 aliphatic heterocycles. The summed E-state index contributed by atoms with van der Waals surface area (Å²) in [6.07, 6.45) is 4.83. The fourth-order valence-corrected chi connectivity index (χ4v) is 6.07. The maximum absolute atomic E-state index is 6.21. The van der Waals surface area contributed by atoms with E-state index in [1.807, 2.05) is 0 Å². The highest BCUT2D eigenvalue weighted by molar-refractivity contribution is 5.38. The average Bonchev–Trinajstić information content (AvgIpc) is 2.98. The summed E-state index contributed by atoms with van der Waals surface area (Å²) in [6.45, 7) is 6.56. The highest BCUT2D eigenvalue weighted by Crippen LogP contribution is 2.60. The Morgan fingerprint density at radius 2 is 1.85 bits per heavy atom. The molecule has 1 aromatic rings. The molecule has 142 valence electrons. The van der Waals surface area contributed by atoms with Crippen LogP contribution in [0.5, 0.6) is 0 Å². The van der Waals surface area contributed by atoms with Crippen molar-refractivity contribution in [3.63, 3.8) is 0 Å². The highest BCUT2D eigenvalue weighted by Gasteiger charge is 2.62. The number of nitrogens with zero attached hydrogens (tertiary/aromatic N) is 1. The zero-order chi connectivity index (χ0) is 18.0. The second kappa shape index (κ2) is 5.78. The van der Waals surface area contributed by atoms with E-state index in [0.717, 1.165) is 38.3 Å². The van der Waals surface area contributed by atoms with Crippen molar-refractivity contribution in [1.82, 2.24) is 4.90 Å². The maximum atomic E-state index is 6.21. The Hall–Kier alpha value is -0.940. The van der Waals surface area contributed by atoms with E-state index < -0.39 is 0 Å². The summed E-state index contributed by atoms with van der Waals surface area (Å²) in [6, 6.07) is 9.23. The third-order valence-electron chi connectivity index (χ3n) is 7.62. The predicted molar refractivity (Wildman–Crippen MR) is 100 cm³/mol. The van der Waals surface area contributed by atoms with Crippen LogP contribution in [-0.2, 0) is 19.6 Å². The number of likely N-dealkylation sites (tertiary alicyclic amines) is 1. The summed E-state index contributed by atoms with van der Waals surface area (Å²) in [5, 5.41) is 0. The fourth-order valence-electron chi connectivity index (χ4n) is 6.07. The zero-order valence-electron chi connectivity index (χ0n) is 16.3. The van der Waals surface area contributed by atoms with Gasteiger partial charge in [-0.1, -0.05) is 29.8 Å². The van der Waals surface area contributed by atoms with Gasteiger partial charge in [0.2, 0.25) is 0 Å². The zero-order valence-corrected chi connectivity index (χ0v) is 16.3. The van der Waals surface area contributed by atoms with Crippen LogP contribution in [0.1, 0.15) is 36.8 Å². The van der Waals surface area contributed by atoms with Crippen molar-refractivity contribution in [1.29, 1.82) is 0 Å². The van der Waals surface area contributed by atoms with Crippen LogP contribution < -0.4 is 0 Å². The number of piperidine rings is 1. The second-order valence-corrected chi connectivity index (χ2v) is 9.43. The van der Waals surface area contributed by atoms with Gasteiger partial charge in [-0.15, -0.1) is 0 Å². The Labute approximate surface area is 156 Å². The first-order valence-electron chi connectivity index (χ1n) is 10.0. The van der Waals surface area contributed by atoms with Crippen molar-refractivity contribution in [2.45, 2.75) is 49.9 Å². The van der Waals surface area contributed by atoms with Crippen molar-refractivity contribution >= 4 is 0 Å². The quantitative estimate of drug-likeness (QED) is 0.758. The number of benzene rings is 1. The lowest BCUT2D eigenvalue weighted by atomic mass is 9.63. The molecule has 2 aliphatic carbocycles. The third-order valence-corrected chi connectivity index (χ3v) is 7.62. The molecule has 0 radical (unpaired) electrons. The predicted octanol–water partition coefficient (Wildman–Crippen LogP) is 3.13. The van der Waals surface area contributed by atoms with E-state index >= 15 is 0 Å². The number of fused-ring (bicyclic) bond motifs is 1. The van der Waals surface area contributed by atoms with Gasteiger partial charge in [0.05, 0.1) is 12.7 Å². The van der Waals surface area contributed by atoms with Crippen LogP contribution in [0.15, 0.2) is 24.3 Å². The van der Waals surface area contributed by atoms with Gasteiger partial charge in [0.15, 0.2) is 5.79 Å². The van der Waals surface area contributed by atoms with E-state index in [-0.39, 0.29) is 11.2 Å². The minimum Gasteiger partial charge on any atom is -0.376 e. The molecular formula is C22H31NO3. The molecule has 0 N–H and O–H groups in total. The van der Waals surface area contributed by atoms with Gasteiger partial charge < -0.3 is 14.2 Å². The molecule has 4 heteroatoms. The first-order chi connectivity index (χ1) is 12.5. The number of hydrogen-bond acceptors (Lipinski definition) is 4. The van der Waals surface area contributed by atoms with Crippen LogP contribution in [0.3, 0.4) is 0 Å². The minimum atomic E-state index is -0.358. The lowest BCUT2D eigenvalue weighted by Crippen LogP contribution is -2.55. The lowest BCUT2D eigenvalue weighted by molar-refractivity contribution is -0.295. The molecule has 2 saturated heterocycles. The topological polar surface area (TPSA) is 30.9 Å². The van der Waals surface area contributed by atoms with E-state index in [0.29, 0.717) is 11.5 Å². The van der Waals surface area contributed by atoms with Gasteiger partial charge in [-0.2, -0.15) is 0 Å². The van der Waals surface area contributed by atoms with Gasteiger partial charge in [0, 0.05) is 57.5 Å². The molecular weight excluding hydrogens is 326 g/mol. The number of hydrogen-bond donors (Lipinski definition) is 0. The Bertz CT molecular complexity index is 675. The normalized spacial score (nSPS) is 36.9. The van der Waals surface area contributed by atoms with Crippen LogP contribution in [0.2, 0.25) is 0 Å². The SMILES string of the molecule is COC1(OC)CC2(COC(CN3C[C@@H]4C[C@]4(c4ccc(C)cc4)C3)C2)C1. The van der Waals surface area contributed by atoms with Crippen LogP contribution in [0.4, 0.5) is 0 Å². The molecule has 5 rings (SSSR count). The van der Waals surface area contributed by atoms with Crippen molar-refractivity contribution < 1.29 is 14.2 Å². The minimum absolute atomic E-state index is 0.286. The van der Waals surface area contributed by atoms with Crippen LogP contribution in [0.25, 0.3) is 0 Å². The molecule has 1 unspecified atom stereocenters. The van der Waals surface area contributed by atoms with Gasteiger partial charge in [-0.25, -0.2) is 0 Å². The van der Waals surface area contributed by atoms with E-state index in [9.17, 15) is 0 Å². The summed E-state index contributed by atoms with van der Waals surface area (Å²) in [5.41, 5.74) is 3.62. The third kappa shape index (κ3) is 2.57. The van der Waals surface area contributed by atoms with Crippen LogP contribution in [0, 0.1) is 18.3 Å². The fraction of sp³-hybridized carbons (Fsp3) is 0.727. The maximum Gasteiger partial charge on any atom is 0.168 e. The van der Waals surface area contributed by atoms with E-state index in [1.165, 1.54) is 25.1 Å². The molecule has 0 bridgehead atoms. The largest absolute Gasteiger partial charge is 0.376 e. The van der Waals surface area contributed by atoms with Crippen LogP contribution >= 0.6 is 0 Å². The molecule has 0 aromatic heterocycles. The molecule has 2 saturated carbocycles. The number of rotatable bonds is 5. The van der Waals surface area contributed by atoms with Gasteiger partial charge in [0.1, 0.15) is 0 Å². The second-order valence-electron chi connectivity index (χ2n) is 9.43. The first kappa shape index (κ1) is 17.2. The van der Waals surface area contributed by atoms with Crippen molar-refractivity contribution in [2.75, 3.05) is 40.5 Å². The molecule has 4 aliphatic rings. The lowest BCUT2D eigenvalue weighted by Gasteiger charge is -2.51. The summed E-state index contributed by atoms with van der Waals surface area (Å²) >= 11 is 0. The van der Waals surface area contributed by atoms with E-state index in [2.05, 4.69) is 36.1 Å². The van der Waals surface area contributed by atoms with Gasteiger partial charge in [-0.3, -0.25) is 4.90 Å². The van der Waals surface area contributed by atoms with E-state index in [4.69, 9.17) is 14.2 Å². The monoisotopic (exact) mass is 357 g/mol.